The Kier molecular flexibility index (Phi) is 5.45. The van der Waals surface area contributed by atoms with Gasteiger partial charge in [0.2, 0.25) is 0 Å². The van der Waals surface area contributed by atoms with Crippen molar-refractivity contribution in [3.63, 3.8) is 0 Å². The topological polar surface area (TPSA) is 38.3 Å². The Bertz CT molecular complexity index is 252. The van der Waals surface area contributed by atoms with Crippen LogP contribution in [0.3, 0.4) is 0 Å². The minimum absolute atomic E-state index is 0.397. The number of hydrogen-bond donors (Lipinski definition) is 1. The zero-order valence-corrected chi connectivity index (χ0v) is 11.6. The first-order valence-corrected chi connectivity index (χ1v) is 8.29. The van der Waals surface area contributed by atoms with Crippen molar-refractivity contribution in [2.75, 3.05) is 19.8 Å². The average molecular weight is 259 g/mol. The largest absolute Gasteiger partial charge is 0.381 e. The first-order chi connectivity index (χ1) is 8.31. The van der Waals surface area contributed by atoms with Gasteiger partial charge in [-0.05, 0) is 38.6 Å². The molecule has 0 radical (unpaired) electrons. The SMILES string of the molecule is CCNC1CCCC(S(=O)C2CCOCC2)C1. The molecule has 1 saturated carbocycles. The second-order valence-corrected chi connectivity index (χ2v) is 7.17. The van der Waals surface area contributed by atoms with Gasteiger partial charge in [-0.15, -0.1) is 0 Å². The average Bonchev–Trinajstić information content (AvgIpc) is 2.40. The Morgan fingerprint density at radius 1 is 1.18 bits per heavy atom. The highest BCUT2D eigenvalue weighted by Gasteiger charge is 2.31. The molecule has 0 aromatic rings. The van der Waals surface area contributed by atoms with Gasteiger partial charge >= 0.3 is 0 Å². The predicted molar refractivity (Wildman–Crippen MR) is 71.7 cm³/mol. The standard InChI is InChI=1S/C13H25NO2S/c1-2-14-11-4-3-5-13(10-11)17(15)12-6-8-16-9-7-12/h11-14H,2-10H2,1H3. The zero-order chi connectivity index (χ0) is 12.1. The Morgan fingerprint density at radius 3 is 2.65 bits per heavy atom. The lowest BCUT2D eigenvalue weighted by molar-refractivity contribution is 0.0990. The van der Waals surface area contributed by atoms with E-state index in [4.69, 9.17) is 4.74 Å². The first-order valence-electron chi connectivity index (χ1n) is 7.01. The summed E-state index contributed by atoms with van der Waals surface area (Å²) < 4.78 is 17.9. The van der Waals surface area contributed by atoms with Crippen LogP contribution in [0.2, 0.25) is 0 Å². The molecule has 0 spiro atoms. The second kappa shape index (κ2) is 6.86. The lowest BCUT2D eigenvalue weighted by Crippen LogP contribution is -2.40. The monoisotopic (exact) mass is 259 g/mol. The molecule has 3 nitrogen and oxygen atoms in total. The van der Waals surface area contributed by atoms with Crippen molar-refractivity contribution < 1.29 is 8.95 Å². The lowest BCUT2D eigenvalue weighted by atomic mass is 9.95. The number of hydrogen-bond acceptors (Lipinski definition) is 3. The molecular weight excluding hydrogens is 234 g/mol. The minimum atomic E-state index is -0.637. The summed E-state index contributed by atoms with van der Waals surface area (Å²) in [5.74, 6) is 0. The molecule has 1 saturated heterocycles. The van der Waals surface area contributed by atoms with Crippen LogP contribution in [0.4, 0.5) is 0 Å². The first kappa shape index (κ1) is 13.5. The lowest BCUT2D eigenvalue weighted by Gasteiger charge is -2.32. The van der Waals surface area contributed by atoms with Gasteiger partial charge in [0.1, 0.15) is 0 Å². The summed E-state index contributed by atoms with van der Waals surface area (Å²) in [6.45, 7) is 4.79. The van der Waals surface area contributed by atoms with Gasteiger partial charge in [0.15, 0.2) is 0 Å². The molecule has 1 heterocycles. The van der Waals surface area contributed by atoms with Gasteiger partial charge < -0.3 is 10.1 Å². The molecular formula is C13H25NO2S. The molecule has 3 atom stereocenters. The van der Waals surface area contributed by atoms with Gasteiger partial charge in [-0.1, -0.05) is 13.3 Å². The van der Waals surface area contributed by atoms with E-state index in [-0.39, 0.29) is 0 Å². The fourth-order valence-corrected chi connectivity index (χ4v) is 5.03. The maximum absolute atomic E-state index is 12.5. The molecule has 1 N–H and O–H groups in total. The highest BCUT2D eigenvalue weighted by Crippen LogP contribution is 2.27. The van der Waals surface area contributed by atoms with Crippen molar-refractivity contribution in [3.05, 3.63) is 0 Å². The van der Waals surface area contributed by atoms with Crippen LogP contribution in [0.15, 0.2) is 0 Å². The van der Waals surface area contributed by atoms with Crippen molar-refractivity contribution in [3.8, 4) is 0 Å². The van der Waals surface area contributed by atoms with Gasteiger partial charge in [-0.2, -0.15) is 0 Å². The molecule has 0 bridgehead atoms. The smallest absolute Gasteiger partial charge is 0.0477 e. The predicted octanol–water partition coefficient (Wildman–Crippen LogP) is 1.83. The number of ether oxygens (including phenoxy) is 1. The third kappa shape index (κ3) is 3.76. The van der Waals surface area contributed by atoms with E-state index in [1.807, 2.05) is 0 Å². The summed E-state index contributed by atoms with van der Waals surface area (Å²) in [4.78, 5) is 0. The van der Waals surface area contributed by atoms with E-state index in [1.165, 1.54) is 12.8 Å². The van der Waals surface area contributed by atoms with Crippen LogP contribution in [0, 0.1) is 0 Å². The van der Waals surface area contributed by atoms with E-state index >= 15 is 0 Å². The molecule has 2 rings (SSSR count). The van der Waals surface area contributed by atoms with Gasteiger partial charge in [-0.25, -0.2) is 0 Å². The summed E-state index contributed by atoms with van der Waals surface area (Å²) in [5, 5.41) is 4.34. The van der Waals surface area contributed by atoms with Gasteiger partial charge in [0, 0.05) is 40.6 Å². The van der Waals surface area contributed by atoms with Crippen LogP contribution in [-0.2, 0) is 15.5 Å². The third-order valence-electron chi connectivity index (χ3n) is 3.94. The maximum Gasteiger partial charge on any atom is 0.0477 e. The molecule has 0 aromatic carbocycles. The van der Waals surface area contributed by atoms with E-state index in [2.05, 4.69) is 12.2 Å². The fourth-order valence-electron chi connectivity index (χ4n) is 3.01. The molecule has 4 heteroatoms. The quantitative estimate of drug-likeness (QED) is 0.837. The summed E-state index contributed by atoms with van der Waals surface area (Å²) >= 11 is 0. The molecule has 1 aliphatic heterocycles. The van der Waals surface area contributed by atoms with E-state index in [0.717, 1.165) is 45.4 Å². The van der Waals surface area contributed by atoms with Crippen LogP contribution < -0.4 is 5.32 Å². The Hall–Kier alpha value is 0.0700. The van der Waals surface area contributed by atoms with Crippen molar-refractivity contribution in [2.45, 2.75) is 62.0 Å². The highest BCUT2D eigenvalue weighted by molar-refractivity contribution is 7.86. The second-order valence-electron chi connectivity index (χ2n) is 5.18. The number of rotatable bonds is 4. The third-order valence-corrected chi connectivity index (χ3v) is 6.16. The van der Waals surface area contributed by atoms with Crippen molar-refractivity contribution in [1.82, 2.24) is 5.32 Å². The van der Waals surface area contributed by atoms with E-state index in [1.54, 1.807) is 0 Å². The Labute approximate surface area is 107 Å². The van der Waals surface area contributed by atoms with Crippen LogP contribution >= 0.6 is 0 Å². The van der Waals surface area contributed by atoms with Crippen LogP contribution in [-0.4, -0.2) is 40.5 Å². The molecule has 0 amide bonds. The molecule has 2 aliphatic rings. The summed E-state index contributed by atoms with van der Waals surface area (Å²) in [6, 6.07) is 0.600. The Balaban J connectivity index is 1.85. The van der Waals surface area contributed by atoms with Crippen molar-refractivity contribution >= 4 is 10.8 Å². The van der Waals surface area contributed by atoms with Crippen LogP contribution in [0.25, 0.3) is 0 Å². The maximum atomic E-state index is 12.5. The highest BCUT2D eigenvalue weighted by atomic mass is 32.2. The van der Waals surface area contributed by atoms with Gasteiger partial charge in [0.25, 0.3) is 0 Å². The summed E-state index contributed by atoms with van der Waals surface area (Å²) in [7, 11) is -0.637. The van der Waals surface area contributed by atoms with Crippen molar-refractivity contribution in [2.24, 2.45) is 0 Å². The molecule has 0 aromatic heterocycles. The molecule has 1 aliphatic carbocycles. The Morgan fingerprint density at radius 2 is 1.94 bits per heavy atom. The van der Waals surface area contributed by atoms with Gasteiger partial charge in [0.05, 0.1) is 0 Å². The van der Waals surface area contributed by atoms with Gasteiger partial charge in [-0.3, -0.25) is 4.21 Å². The van der Waals surface area contributed by atoms with Crippen LogP contribution in [0.5, 0.6) is 0 Å². The normalized spacial score (nSPS) is 33.5. The summed E-state index contributed by atoms with van der Waals surface area (Å²) in [5.41, 5.74) is 0. The molecule has 3 unspecified atom stereocenters. The van der Waals surface area contributed by atoms with E-state index in [9.17, 15) is 4.21 Å². The zero-order valence-electron chi connectivity index (χ0n) is 10.8. The molecule has 100 valence electrons. The molecule has 2 fully saturated rings. The fraction of sp³-hybridized carbons (Fsp3) is 1.00. The number of nitrogens with one attached hydrogen (secondary N) is 1. The molecule has 17 heavy (non-hydrogen) atoms. The summed E-state index contributed by atoms with van der Waals surface area (Å²) in [6.07, 6.45) is 6.75. The van der Waals surface area contributed by atoms with Crippen molar-refractivity contribution in [1.29, 1.82) is 0 Å². The van der Waals surface area contributed by atoms with E-state index < -0.39 is 10.8 Å². The van der Waals surface area contributed by atoms with Crippen LogP contribution in [0.1, 0.15) is 45.4 Å². The minimum Gasteiger partial charge on any atom is -0.381 e. The van der Waals surface area contributed by atoms with E-state index in [0.29, 0.717) is 16.5 Å².